The van der Waals surface area contributed by atoms with Gasteiger partial charge in [-0.2, -0.15) is 0 Å². The van der Waals surface area contributed by atoms with Crippen molar-refractivity contribution < 1.29 is 48.3 Å². The highest BCUT2D eigenvalue weighted by Crippen LogP contribution is 2.30. The molecule has 10 atom stereocenters. The Morgan fingerprint density at radius 1 is 0.622 bits per heavy atom. The first-order valence-corrected chi connectivity index (χ1v) is 26.2. The van der Waals surface area contributed by atoms with E-state index in [1.807, 2.05) is 64.1 Å². The number of nitrogens with zero attached hydrogens (tertiary/aromatic N) is 4. The highest BCUT2D eigenvalue weighted by Gasteiger charge is 2.47. The van der Waals surface area contributed by atoms with Gasteiger partial charge in [-0.05, 0) is 89.3 Å². The molecule has 2 aliphatic rings. The van der Waals surface area contributed by atoms with E-state index in [0.29, 0.717) is 19.5 Å². The van der Waals surface area contributed by atoms with E-state index in [1.165, 1.54) is 42.6 Å². The van der Waals surface area contributed by atoms with E-state index in [0.717, 1.165) is 30.4 Å². The van der Waals surface area contributed by atoms with Gasteiger partial charge in [0.1, 0.15) is 36.0 Å². The summed E-state index contributed by atoms with van der Waals surface area (Å²) in [4.78, 5) is 131. The zero-order valence-corrected chi connectivity index (χ0v) is 45.4. The molecule has 1 saturated carbocycles. The summed E-state index contributed by atoms with van der Waals surface area (Å²) in [5, 5.41) is 25.1. The molecule has 74 heavy (non-hydrogen) atoms. The molecule has 0 radical (unpaired) electrons. The maximum atomic E-state index is 14.7. The van der Waals surface area contributed by atoms with Crippen molar-refractivity contribution in [1.29, 1.82) is 0 Å². The minimum absolute atomic E-state index is 0.00740. The van der Waals surface area contributed by atoms with Crippen molar-refractivity contribution >= 4 is 52.9 Å². The Morgan fingerprint density at radius 3 is 1.58 bits per heavy atom. The van der Waals surface area contributed by atoms with E-state index >= 15 is 0 Å². The van der Waals surface area contributed by atoms with Gasteiger partial charge in [0.25, 0.3) is 0 Å². The zero-order valence-electron chi connectivity index (χ0n) is 45.4. The van der Waals surface area contributed by atoms with E-state index in [1.54, 1.807) is 50.2 Å². The van der Waals surface area contributed by atoms with Crippen LogP contribution in [0.2, 0.25) is 0 Å². The molecule has 2 aromatic carbocycles. The normalized spacial score (nSPS) is 18.1. The standard InChI is InChI=1S/C55H83N9O10/c1-33(2)27-43(62(10)52(71)35(5)56-8)49(68)59-41(29-38-21-15-12-16-22-38)54(73)63(11)44(28-34(3)4)50(69)60-47(37(7)65)51(70)58-36(6)53(72)61(9)42(30-39-23-17-13-18-24-39)46(67)32-57-48(40-31-45(40)66)55(74)64-25-19-14-20-26-64/h12-13,15-18,21-24,33-37,40-44,47-48,56-57,65H,14,19-20,25-32H2,1-11H3,(H,58,70)(H,59,68)(H,60,69)/t35-,36-,37+,40?,41-,42-,43-,44-,47-,48-/m0/s1. The first-order chi connectivity index (χ1) is 35.0. The molecule has 1 aliphatic heterocycles. The SMILES string of the molecule is CN[C@@H](C)C(=O)N(C)[C@@H](CC(C)C)C(=O)N[C@@H](Cc1ccccc1)C(=O)N(C)[C@@H](CC(C)C)C(=O)N[C@H](C(=O)N[C@@H](C)C(=O)N(C)[C@@H](Cc1ccccc1)C(=O)CN[C@H](C(=O)N1CCCCC1)C1CC1=O)[C@@H](C)O. The number of hydrogen-bond acceptors (Lipinski definition) is 12. The Morgan fingerprint density at radius 2 is 1.09 bits per heavy atom. The number of amides is 7. The molecule has 0 bridgehead atoms. The Bertz CT molecular complexity index is 2240. The molecular weight excluding hydrogens is 947 g/mol. The predicted molar refractivity (Wildman–Crippen MR) is 281 cm³/mol. The Balaban J connectivity index is 1.53. The third-order valence-corrected chi connectivity index (χ3v) is 14.1. The molecule has 1 unspecified atom stereocenters. The van der Waals surface area contributed by atoms with Crippen molar-refractivity contribution in [2.75, 3.05) is 47.8 Å². The van der Waals surface area contributed by atoms with Crippen LogP contribution in [0.4, 0.5) is 0 Å². The average Bonchev–Trinajstić information content (AvgIpc) is 4.11. The van der Waals surface area contributed by atoms with Crippen LogP contribution < -0.4 is 26.6 Å². The molecule has 0 spiro atoms. The third kappa shape index (κ3) is 17.3. The second-order valence-corrected chi connectivity index (χ2v) is 21.0. The summed E-state index contributed by atoms with van der Waals surface area (Å²) in [6.07, 6.45) is 2.08. The van der Waals surface area contributed by atoms with Crippen molar-refractivity contribution in [3.05, 3.63) is 71.8 Å². The molecular formula is C55H83N9O10. The number of ketones is 2. The molecule has 19 heteroatoms. The fourth-order valence-electron chi connectivity index (χ4n) is 9.36. The molecule has 2 fully saturated rings. The van der Waals surface area contributed by atoms with Gasteiger partial charge >= 0.3 is 0 Å². The third-order valence-electron chi connectivity index (χ3n) is 14.1. The summed E-state index contributed by atoms with van der Waals surface area (Å²) < 4.78 is 0. The summed E-state index contributed by atoms with van der Waals surface area (Å²) in [6, 6.07) is 9.42. The molecule has 1 aliphatic carbocycles. The lowest BCUT2D eigenvalue weighted by Gasteiger charge is -2.35. The van der Waals surface area contributed by atoms with Crippen LogP contribution in [0.5, 0.6) is 0 Å². The fourth-order valence-corrected chi connectivity index (χ4v) is 9.36. The molecule has 4 rings (SSSR count). The molecule has 408 valence electrons. The van der Waals surface area contributed by atoms with E-state index in [-0.39, 0.29) is 61.7 Å². The maximum absolute atomic E-state index is 14.7. The number of likely N-dealkylation sites (tertiary alicyclic amines) is 1. The van der Waals surface area contributed by atoms with E-state index in [9.17, 15) is 48.3 Å². The average molecular weight is 1030 g/mol. The molecule has 1 saturated heterocycles. The summed E-state index contributed by atoms with van der Waals surface area (Å²) in [6.45, 7) is 12.8. The first-order valence-electron chi connectivity index (χ1n) is 26.2. The molecule has 1 heterocycles. The minimum Gasteiger partial charge on any atom is -0.391 e. The summed E-state index contributed by atoms with van der Waals surface area (Å²) in [7, 11) is 6.07. The topological polar surface area (TPSA) is 247 Å². The van der Waals surface area contributed by atoms with Crippen LogP contribution in [0.3, 0.4) is 0 Å². The maximum Gasteiger partial charge on any atom is 0.245 e. The molecule has 7 amide bonds. The lowest BCUT2D eigenvalue weighted by atomic mass is 9.97. The molecule has 19 nitrogen and oxygen atoms in total. The Kier molecular flexibility index (Phi) is 23.4. The highest BCUT2D eigenvalue weighted by molar-refractivity contribution is 6.02. The number of Topliss-reactive ketones (excluding diaryl/α,β-unsaturated/α-hetero) is 2. The number of aliphatic hydroxyl groups excluding tert-OH is 1. The molecule has 2 aromatic rings. The van der Waals surface area contributed by atoms with Crippen molar-refractivity contribution in [2.45, 2.75) is 154 Å². The van der Waals surface area contributed by atoms with Gasteiger partial charge in [0, 0.05) is 53.0 Å². The van der Waals surface area contributed by atoms with Gasteiger partial charge in [0.15, 0.2) is 5.78 Å². The second-order valence-electron chi connectivity index (χ2n) is 21.0. The Labute approximate surface area is 437 Å². The van der Waals surface area contributed by atoms with E-state index < -0.39 is 95.7 Å². The fraction of sp³-hybridized carbons (Fsp3) is 0.618. The number of piperidine rings is 1. The number of carbonyl (C=O) groups excluding carboxylic acids is 9. The number of likely N-dealkylation sites (N-methyl/N-ethyl adjacent to an activating group) is 4. The lowest BCUT2D eigenvalue weighted by Crippen LogP contribution is -2.62. The predicted octanol–water partition coefficient (Wildman–Crippen LogP) is 1.64. The highest BCUT2D eigenvalue weighted by atomic mass is 16.3. The number of nitrogens with one attached hydrogen (secondary N) is 5. The van der Waals surface area contributed by atoms with Crippen LogP contribution in [-0.4, -0.2) is 180 Å². The van der Waals surface area contributed by atoms with Gasteiger partial charge < -0.3 is 46.0 Å². The van der Waals surface area contributed by atoms with Crippen molar-refractivity contribution in [3.8, 4) is 0 Å². The quantitative estimate of drug-likeness (QED) is 0.0713. The molecule has 0 aromatic heterocycles. The van der Waals surface area contributed by atoms with Gasteiger partial charge in [-0.1, -0.05) is 88.4 Å². The molecule has 6 N–H and O–H groups in total. The number of carbonyl (C=O) groups is 9. The number of rotatable bonds is 28. The summed E-state index contributed by atoms with van der Waals surface area (Å²) in [5.74, 6) is -5.16. The van der Waals surface area contributed by atoms with Crippen LogP contribution in [0.1, 0.15) is 98.1 Å². The lowest BCUT2D eigenvalue weighted by molar-refractivity contribution is -0.145. The monoisotopic (exact) mass is 1030 g/mol. The van der Waals surface area contributed by atoms with Gasteiger partial charge in [0.2, 0.25) is 41.4 Å². The van der Waals surface area contributed by atoms with Crippen LogP contribution in [-0.2, 0) is 56.0 Å². The first kappa shape index (κ1) is 60.5. The van der Waals surface area contributed by atoms with Crippen LogP contribution >= 0.6 is 0 Å². The van der Waals surface area contributed by atoms with E-state index in [2.05, 4.69) is 26.6 Å². The number of hydrogen-bond donors (Lipinski definition) is 6. The number of aliphatic hydroxyl groups is 1. The van der Waals surface area contributed by atoms with Crippen molar-refractivity contribution in [2.24, 2.45) is 17.8 Å². The summed E-state index contributed by atoms with van der Waals surface area (Å²) in [5.41, 5.74) is 1.48. The van der Waals surface area contributed by atoms with Gasteiger partial charge in [-0.3, -0.25) is 48.5 Å². The van der Waals surface area contributed by atoms with Crippen LogP contribution in [0.15, 0.2) is 60.7 Å². The van der Waals surface area contributed by atoms with Crippen LogP contribution in [0.25, 0.3) is 0 Å². The number of benzene rings is 2. The smallest absolute Gasteiger partial charge is 0.245 e. The van der Waals surface area contributed by atoms with Gasteiger partial charge in [0.05, 0.1) is 30.8 Å². The van der Waals surface area contributed by atoms with Crippen molar-refractivity contribution in [1.82, 2.24) is 46.2 Å². The Hall–Kier alpha value is -6.05. The zero-order chi connectivity index (χ0) is 55.0. The second kappa shape index (κ2) is 28.6. The van der Waals surface area contributed by atoms with Gasteiger partial charge in [-0.25, -0.2) is 0 Å². The summed E-state index contributed by atoms with van der Waals surface area (Å²) >= 11 is 0. The van der Waals surface area contributed by atoms with Gasteiger partial charge in [-0.15, -0.1) is 0 Å². The van der Waals surface area contributed by atoms with E-state index in [4.69, 9.17) is 0 Å². The van der Waals surface area contributed by atoms with Crippen LogP contribution in [0, 0.1) is 17.8 Å². The largest absolute Gasteiger partial charge is 0.391 e. The minimum atomic E-state index is -1.60. The van der Waals surface area contributed by atoms with Crippen molar-refractivity contribution in [3.63, 3.8) is 0 Å².